The normalized spacial score (nSPS) is 17.2. The largest absolute Gasteiger partial charge is 0.671 e. The molecule has 0 bridgehead atoms. The fourth-order valence-electron chi connectivity index (χ4n) is 3.79. The first-order valence-corrected chi connectivity index (χ1v) is 13.0. The monoisotopic (exact) mass is 730 g/mol. The van der Waals surface area contributed by atoms with Gasteiger partial charge in [0.1, 0.15) is 5.69 Å². The molecule has 2 aromatic rings. The predicted molar refractivity (Wildman–Crippen MR) is 144 cm³/mol. The van der Waals surface area contributed by atoms with Crippen LogP contribution in [0.25, 0.3) is 5.73 Å². The van der Waals surface area contributed by atoms with Crippen LogP contribution in [0, 0.1) is 6.92 Å². The van der Waals surface area contributed by atoms with Crippen LogP contribution in [-0.2, 0) is 57.9 Å². The van der Waals surface area contributed by atoms with E-state index in [1.54, 1.807) is 6.07 Å². The van der Waals surface area contributed by atoms with Crippen LogP contribution in [0.1, 0.15) is 27.6 Å². The van der Waals surface area contributed by atoms with Gasteiger partial charge in [-0.05, 0) is 31.2 Å². The number of carbonyl (C=O) groups excluding carboxylic acids is 1. The van der Waals surface area contributed by atoms with Crippen molar-refractivity contribution in [1.29, 1.82) is 0 Å². The zero-order chi connectivity index (χ0) is 28.1. The van der Waals surface area contributed by atoms with E-state index in [-0.39, 0.29) is 33.2 Å². The maximum Gasteiger partial charge on any atom is 0.354 e. The van der Waals surface area contributed by atoms with Crippen molar-refractivity contribution in [1.82, 2.24) is 19.8 Å². The number of nitrogens with zero attached hydrogens (tertiary/aromatic N) is 4. The van der Waals surface area contributed by atoms with Crippen molar-refractivity contribution in [2.45, 2.75) is 20.0 Å². The van der Waals surface area contributed by atoms with Crippen LogP contribution in [0.3, 0.4) is 0 Å². The minimum Gasteiger partial charge on any atom is -0.671 e. The van der Waals surface area contributed by atoms with E-state index in [0.717, 1.165) is 31.0 Å². The summed E-state index contributed by atoms with van der Waals surface area (Å²) in [5.41, 5.74) is 8.33. The second-order valence-electron chi connectivity index (χ2n) is 8.71. The Hall–Kier alpha value is -2.31. The Labute approximate surface area is 250 Å². The zero-order valence-electron chi connectivity index (χ0n) is 23.0. The van der Waals surface area contributed by atoms with Gasteiger partial charge in [0.15, 0.2) is 0 Å². The summed E-state index contributed by atoms with van der Waals surface area (Å²) in [6.07, 6.45) is 0. The van der Waals surface area contributed by atoms with E-state index >= 15 is 0 Å². The molecule has 2 aromatic heterocycles. The quantitative estimate of drug-likeness (QED) is 0.451. The first-order valence-electron chi connectivity index (χ1n) is 13.0. The number of carbonyl (C=O) groups is 2. The van der Waals surface area contributed by atoms with E-state index in [1.807, 2.05) is 31.2 Å². The zero-order valence-corrected chi connectivity index (χ0v) is 26.0. The number of nitrogens with one attached hydrogen (secondary N) is 1. The van der Waals surface area contributed by atoms with E-state index in [2.05, 4.69) is 19.8 Å². The van der Waals surface area contributed by atoms with E-state index < -0.39 is 5.97 Å². The number of aromatic nitrogens is 2. The maximum absolute atomic E-state index is 11.2. The molecule has 0 aliphatic carbocycles. The van der Waals surface area contributed by atoms with Crippen molar-refractivity contribution in [2.75, 3.05) is 79.0 Å². The molecule has 1 amide bonds. The smallest absolute Gasteiger partial charge is 0.354 e. The van der Waals surface area contributed by atoms with Crippen LogP contribution < -0.4 is 0 Å². The number of rotatable bonds is 5. The number of amides is 1. The van der Waals surface area contributed by atoms with Gasteiger partial charge in [0.25, 0.3) is 0 Å². The molecule has 1 fully saturated rings. The average Bonchev–Trinajstić information content (AvgIpc) is 2.91. The first-order chi connectivity index (χ1) is 19.0. The van der Waals surface area contributed by atoms with Gasteiger partial charge in [0, 0.05) is 72.4 Å². The second-order valence-corrected chi connectivity index (χ2v) is 8.71. The van der Waals surface area contributed by atoms with Gasteiger partial charge >= 0.3 is 5.97 Å². The summed E-state index contributed by atoms with van der Waals surface area (Å²) < 4.78 is 23.2. The van der Waals surface area contributed by atoms with Crippen LogP contribution in [0.5, 0.6) is 0 Å². The molecule has 0 saturated carbocycles. The number of aromatic carboxylic acids is 1. The van der Waals surface area contributed by atoms with Crippen molar-refractivity contribution in [3.63, 3.8) is 0 Å². The Morgan fingerprint density at radius 3 is 1.60 bits per heavy atom. The third-order valence-corrected chi connectivity index (χ3v) is 5.69. The molecule has 0 unspecified atom stereocenters. The Morgan fingerprint density at radius 2 is 1.20 bits per heavy atom. The maximum atomic E-state index is 11.2. The average molecular weight is 730 g/mol. The summed E-state index contributed by atoms with van der Waals surface area (Å²) in [6, 6.07) is 11.1. The molecule has 13 heteroatoms. The third kappa shape index (κ3) is 16.1. The Kier molecular flexibility index (Phi) is 20.0. The molecule has 0 atom stereocenters. The van der Waals surface area contributed by atoms with Gasteiger partial charge in [-0.25, -0.2) is 9.78 Å². The summed E-state index contributed by atoms with van der Waals surface area (Å²) in [7, 11) is 0. The molecule has 0 radical (unpaired) electrons. The first kappa shape index (κ1) is 35.7. The van der Waals surface area contributed by atoms with E-state index in [9.17, 15) is 9.90 Å². The molecule has 3 rings (SSSR count). The summed E-state index contributed by atoms with van der Waals surface area (Å²) in [4.78, 5) is 33.0. The van der Waals surface area contributed by atoms with Crippen molar-refractivity contribution in [3.05, 3.63) is 64.9 Å². The fourth-order valence-corrected chi connectivity index (χ4v) is 3.79. The van der Waals surface area contributed by atoms with Crippen LogP contribution >= 0.6 is 0 Å². The number of carboxylic acid groups (broad SMARTS) is 1. The fraction of sp³-hybridized carbons (Fsp3) is 0.556. The number of pyridine rings is 2. The van der Waals surface area contributed by atoms with Gasteiger partial charge in [-0.2, -0.15) is 0 Å². The Morgan fingerprint density at radius 1 is 0.800 bits per heavy atom. The van der Waals surface area contributed by atoms with Crippen molar-refractivity contribution in [2.24, 2.45) is 0 Å². The van der Waals surface area contributed by atoms with Gasteiger partial charge in [-0.3, -0.25) is 14.8 Å². The number of ether oxygens (including phenoxy) is 4. The van der Waals surface area contributed by atoms with E-state index in [1.165, 1.54) is 6.07 Å². The predicted octanol–water partition coefficient (Wildman–Crippen LogP) is 2.06. The summed E-state index contributed by atoms with van der Waals surface area (Å²) in [5.74, 6) is -1.03. The van der Waals surface area contributed by atoms with Crippen molar-refractivity contribution < 1.29 is 54.7 Å². The minimum absolute atomic E-state index is 0. The Bertz CT molecular complexity index is 952. The van der Waals surface area contributed by atoms with Crippen molar-refractivity contribution >= 4 is 12.4 Å². The molecule has 1 aliphatic heterocycles. The summed E-state index contributed by atoms with van der Waals surface area (Å²) in [5, 5.41) is 9.20. The Balaban J connectivity index is 0.00000191. The van der Waals surface area contributed by atoms with E-state index in [4.69, 9.17) is 29.5 Å². The van der Waals surface area contributed by atoms with Gasteiger partial charge in [0.2, 0.25) is 0 Å². The van der Waals surface area contributed by atoms with Gasteiger partial charge in [-0.15, -0.1) is 0 Å². The molecule has 0 aromatic carbocycles. The molecule has 40 heavy (non-hydrogen) atoms. The molecule has 2 N–H and O–H groups in total. The van der Waals surface area contributed by atoms with Gasteiger partial charge in [0.05, 0.1) is 64.2 Å². The molecular weight excluding hydrogens is 690 g/mol. The summed E-state index contributed by atoms with van der Waals surface area (Å²) in [6.45, 7) is 10.6. The van der Waals surface area contributed by atoms with Crippen molar-refractivity contribution in [3.8, 4) is 0 Å². The molecule has 1 saturated heterocycles. The van der Waals surface area contributed by atoms with Crippen LogP contribution in [0.4, 0.5) is 0 Å². The minimum atomic E-state index is -1.03. The topological polar surface area (TPSA) is 147 Å². The number of hydrogen-bond donors (Lipinski definition) is 1. The van der Waals surface area contributed by atoms with Crippen LogP contribution in [-0.4, -0.2) is 116 Å². The van der Waals surface area contributed by atoms with E-state index in [0.29, 0.717) is 78.2 Å². The van der Waals surface area contributed by atoms with Gasteiger partial charge < -0.3 is 34.6 Å². The number of aryl methyl sites for hydroxylation is 1. The molecule has 12 nitrogen and oxygen atoms in total. The number of hydrogen-bond acceptors (Lipinski definition) is 10. The molecular formula is C27H40N5O7W-. The molecule has 3 heterocycles. The SMILES string of the molecule is Cc1cccc(CN2CCOCCOCCN(Cc3cccc(C(=O)O)n3)CCOCCOCC2)n1.[NH-]C=O.[W]. The van der Waals surface area contributed by atoms with Crippen LogP contribution in [0.15, 0.2) is 36.4 Å². The summed E-state index contributed by atoms with van der Waals surface area (Å²) >= 11 is 0. The second kappa shape index (κ2) is 22.4. The standard InChI is InChI=1S/C26H38N4O6.CH3NO.W/c1-22-4-2-5-23(27-22)20-29-8-12-33-16-18-35-14-10-30(11-15-36-19-17-34-13-9-29)21-24-6-3-7-25(28-24)26(31)32;2-1-3;/h2-7H,8-21H2,1H3,(H,31,32);1H,(H2,2,3);/p-1. The molecule has 1 aliphatic rings. The van der Waals surface area contributed by atoms with Gasteiger partial charge in [-0.1, -0.05) is 12.1 Å². The molecule has 0 spiro atoms. The number of carboxylic acids is 1. The molecule has 222 valence electrons. The van der Waals surface area contributed by atoms with Crippen LogP contribution in [0.2, 0.25) is 0 Å². The third-order valence-electron chi connectivity index (χ3n) is 5.69.